The van der Waals surface area contributed by atoms with Crippen LogP contribution in [0.15, 0.2) is 231 Å². The third-order valence-corrected chi connectivity index (χ3v) is 10.9. The zero-order valence-corrected chi connectivity index (χ0v) is 31.3. The Kier molecular flexibility index (Phi) is 8.91. The van der Waals surface area contributed by atoms with Gasteiger partial charge in [0.1, 0.15) is 5.82 Å². The Balaban J connectivity index is 1.15. The molecule has 2 nitrogen and oxygen atoms in total. The summed E-state index contributed by atoms with van der Waals surface area (Å²) in [6, 6.07) is 80.5. The average molecular weight is 727 g/mol. The zero-order chi connectivity index (χ0) is 38.0. The Morgan fingerprint density at radius 1 is 0.281 bits per heavy atom. The Labute approximate surface area is 333 Å². The molecule has 0 aliphatic heterocycles. The van der Waals surface area contributed by atoms with Crippen LogP contribution in [0.5, 0.6) is 0 Å². The van der Waals surface area contributed by atoms with Crippen molar-refractivity contribution in [3.05, 3.63) is 231 Å². The van der Waals surface area contributed by atoms with Crippen molar-refractivity contribution >= 4 is 38.7 Å². The molecule has 268 valence electrons. The van der Waals surface area contributed by atoms with Crippen molar-refractivity contribution in [3.63, 3.8) is 0 Å². The Morgan fingerprint density at radius 2 is 0.737 bits per heavy atom. The first kappa shape index (κ1) is 34.0. The van der Waals surface area contributed by atoms with E-state index in [9.17, 15) is 0 Å². The second kappa shape index (κ2) is 14.9. The highest BCUT2D eigenvalue weighted by Crippen LogP contribution is 2.47. The van der Waals surface area contributed by atoms with Gasteiger partial charge in [0.2, 0.25) is 0 Å². The van der Waals surface area contributed by atoms with Crippen molar-refractivity contribution in [2.45, 2.75) is 0 Å². The summed E-state index contributed by atoms with van der Waals surface area (Å²) in [5.41, 5.74) is 14.0. The maximum absolute atomic E-state index is 4.89. The molecule has 0 radical (unpaired) electrons. The van der Waals surface area contributed by atoms with Crippen LogP contribution in [0, 0.1) is 0 Å². The van der Waals surface area contributed by atoms with Crippen LogP contribution in [0.2, 0.25) is 0 Å². The quantitative estimate of drug-likeness (QED) is 0.145. The molecule has 0 saturated carbocycles. The van der Waals surface area contributed by atoms with Crippen molar-refractivity contribution in [1.29, 1.82) is 0 Å². The van der Waals surface area contributed by atoms with Crippen LogP contribution < -0.4 is 4.90 Å². The van der Waals surface area contributed by atoms with Crippen LogP contribution in [0.3, 0.4) is 0 Å². The molecule has 2 heteroatoms. The Hall–Kier alpha value is -7.55. The van der Waals surface area contributed by atoms with Gasteiger partial charge in [-0.2, -0.15) is 0 Å². The summed E-state index contributed by atoms with van der Waals surface area (Å²) < 4.78 is 0. The van der Waals surface area contributed by atoms with E-state index in [-0.39, 0.29) is 0 Å². The predicted octanol–water partition coefficient (Wildman–Crippen LogP) is 15.2. The van der Waals surface area contributed by atoms with E-state index in [1.807, 2.05) is 12.3 Å². The number of aromatic nitrogens is 1. The van der Waals surface area contributed by atoms with Gasteiger partial charge in [-0.1, -0.05) is 182 Å². The second-order valence-electron chi connectivity index (χ2n) is 14.3. The third kappa shape index (κ3) is 6.44. The van der Waals surface area contributed by atoms with Gasteiger partial charge in [-0.05, 0) is 120 Å². The molecule has 0 aliphatic rings. The Bertz CT molecular complexity index is 2860. The lowest BCUT2D eigenvalue weighted by Crippen LogP contribution is -2.11. The molecule has 0 spiro atoms. The van der Waals surface area contributed by atoms with Crippen LogP contribution in [-0.4, -0.2) is 4.98 Å². The number of rotatable bonds is 8. The van der Waals surface area contributed by atoms with Gasteiger partial charge in [0, 0.05) is 17.6 Å². The molecule has 0 amide bonds. The third-order valence-electron chi connectivity index (χ3n) is 10.9. The highest BCUT2D eigenvalue weighted by Gasteiger charge is 2.20. The SMILES string of the molecule is c1ccc(-c2cc(-c3ccccc3)cc(N(c3ccc(-c4c5ccccc5c(-c5ccccc5-c5ccccc5)c5ccccc45)cc3)c3ccccn3)c2)cc1. The van der Waals surface area contributed by atoms with Gasteiger partial charge in [0.15, 0.2) is 0 Å². The van der Waals surface area contributed by atoms with Crippen molar-refractivity contribution in [2.24, 2.45) is 0 Å². The van der Waals surface area contributed by atoms with Crippen molar-refractivity contribution < 1.29 is 0 Å². The lowest BCUT2D eigenvalue weighted by Gasteiger charge is -2.26. The van der Waals surface area contributed by atoms with Crippen LogP contribution in [0.1, 0.15) is 0 Å². The molecule has 0 fully saturated rings. The minimum atomic E-state index is 0.854. The number of hydrogen-bond acceptors (Lipinski definition) is 2. The summed E-state index contributed by atoms with van der Waals surface area (Å²) in [6.45, 7) is 0. The summed E-state index contributed by atoms with van der Waals surface area (Å²) >= 11 is 0. The second-order valence-corrected chi connectivity index (χ2v) is 14.3. The molecule has 0 aliphatic carbocycles. The van der Waals surface area contributed by atoms with Gasteiger partial charge in [-0.25, -0.2) is 4.98 Å². The summed E-state index contributed by atoms with van der Waals surface area (Å²) in [5, 5.41) is 4.93. The smallest absolute Gasteiger partial charge is 0.137 e. The van der Waals surface area contributed by atoms with E-state index in [4.69, 9.17) is 4.98 Å². The van der Waals surface area contributed by atoms with E-state index in [1.165, 1.54) is 60.5 Å². The predicted molar refractivity (Wildman–Crippen MR) is 241 cm³/mol. The summed E-state index contributed by atoms with van der Waals surface area (Å²) in [5.74, 6) is 0.854. The van der Waals surface area contributed by atoms with Gasteiger partial charge >= 0.3 is 0 Å². The van der Waals surface area contributed by atoms with Crippen molar-refractivity contribution in [3.8, 4) is 55.6 Å². The molecule has 10 rings (SSSR count). The van der Waals surface area contributed by atoms with Crippen LogP contribution in [-0.2, 0) is 0 Å². The topological polar surface area (TPSA) is 16.1 Å². The average Bonchev–Trinajstić information content (AvgIpc) is 3.30. The van der Waals surface area contributed by atoms with Crippen molar-refractivity contribution in [2.75, 3.05) is 4.90 Å². The van der Waals surface area contributed by atoms with Gasteiger partial charge in [0.05, 0.1) is 0 Å². The number of hydrogen-bond donors (Lipinski definition) is 0. The van der Waals surface area contributed by atoms with Gasteiger partial charge in [0.25, 0.3) is 0 Å². The molecule has 57 heavy (non-hydrogen) atoms. The molecule has 0 atom stereocenters. The lowest BCUT2D eigenvalue weighted by atomic mass is 9.84. The fourth-order valence-electron chi connectivity index (χ4n) is 8.31. The van der Waals surface area contributed by atoms with E-state index < -0.39 is 0 Å². The maximum Gasteiger partial charge on any atom is 0.137 e. The van der Waals surface area contributed by atoms with Crippen LogP contribution in [0.4, 0.5) is 17.2 Å². The first-order valence-electron chi connectivity index (χ1n) is 19.5. The largest absolute Gasteiger partial charge is 0.295 e. The molecule has 1 heterocycles. The first-order chi connectivity index (χ1) is 28.3. The molecule has 1 aromatic heterocycles. The van der Waals surface area contributed by atoms with E-state index in [0.29, 0.717) is 0 Å². The summed E-state index contributed by atoms with van der Waals surface area (Å²) in [6.07, 6.45) is 1.87. The molecule has 9 aromatic carbocycles. The van der Waals surface area contributed by atoms with Gasteiger partial charge in [-0.15, -0.1) is 0 Å². The molecular weight excluding hydrogens is 689 g/mol. The molecule has 0 bridgehead atoms. The highest BCUT2D eigenvalue weighted by molar-refractivity contribution is 6.22. The molecule has 0 saturated heterocycles. The molecule has 0 unspecified atom stereocenters. The standard InChI is InChI=1S/C55H38N2/c1-4-18-39(19-5-1)43-36-44(40-20-6-2-7-21-40)38-46(37-43)57(53-30-16-17-35-56-53)45-33-31-42(32-34-45)54-49-26-12-14-28-51(49)55(52-29-15-13-27-50(52)54)48-25-11-10-24-47(48)41-22-8-3-9-23-41/h1-38H. The fraction of sp³-hybridized carbons (Fsp3) is 0. The number of fused-ring (bicyclic) bond motifs is 2. The lowest BCUT2D eigenvalue weighted by molar-refractivity contribution is 1.18. The monoisotopic (exact) mass is 726 g/mol. The number of benzene rings is 9. The number of anilines is 3. The number of pyridine rings is 1. The van der Waals surface area contributed by atoms with E-state index in [1.54, 1.807) is 0 Å². The van der Waals surface area contributed by atoms with E-state index in [0.717, 1.165) is 33.9 Å². The normalized spacial score (nSPS) is 11.2. The molecule has 10 aromatic rings. The highest BCUT2D eigenvalue weighted by atomic mass is 15.2. The van der Waals surface area contributed by atoms with E-state index in [2.05, 4.69) is 223 Å². The Morgan fingerprint density at radius 3 is 1.26 bits per heavy atom. The van der Waals surface area contributed by atoms with Crippen LogP contribution >= 0.6 is 0 Å². The summed E-state index contributed by atoms with van der Waals surface area (Å²) in [4.78, 5) is 7.16. The zero-order valence-electron chi connectivity index (χ0n) is 31.3. The molecular formula is C55H38N2. The van der Waals surface area contributed by atoms with E-state index >= 15 is 0 Å². The van der Waals surface area contributed by atoms with Crippen LogP contribution in [0.25, 0.3) is 77.2 Å². The molecule has 0 N–H and O–H groups in total. The minimum absolute atomic E-state index is 0.854. The van der Waals surface area contributed by atoms with Crippen molar-refractivity contribution in [1.82, 2.24) is 4.98 Å². The number of nitrogens with zero attached hydrogens (tertiary/aromatic N) is 2. The van der Waals surface area contributed by atoms with Gasteiger partial charge < -0.3 is 0 Å². The maximum atomic E-state index is 4.89. The first-order valence-corrected chi connectivity index (χ1v) is 19.5. The van der Waals surface area contributed by atoms with Gasteiger partial charge in [-0.3, -0.25) is 4.90 Å². The fourth-order valence-corrected chi connectivity index (χ4v) is 8.31. The summed E-state index contributed by atoms with van der Waals surface area (Å²) in [7, 11) is 0. The minimum Gasteiger partial charge on any atom is -0.295 e.